The Kier molecular flexibility index (Phi) is 4.07. The van der Waals surface area contributed by atoms with Crippen LogP contribution in [0.2, 0.25) is 0 Å². The van der Waals surface area contributed by atoms with E-state index in [0.717, 1.165) is 17.1 Å². The molecular weight excluding hydrogens is 272 g/mol. The summed E-state index contributed by atoms with van der Waals surface area (Å²) in [5, 5.41) is 13.6. The molecular formula is C15H16N2O4. The molecule has 1 amide bonds. The van der Waals surface area contributed by atoms with Crippen LogP contribution in [0.4, 0.5) is 5.69 Å². The summed E-state index contributed by atoms with van der Waals surface area (Å²) < 4.78 is 5.39. The quantitative estimate of drug-likeness (QED) is 0.692. The molecule has 110 valence electrons. The van der Waals surface area contributed by atoms with Crippen molar-refractivity contribution < 1.29 is 14.1 Å². The minimum absolute atomic E-state index is 0.0574. The van der Waals surface area contributed by atoms with Crippen LogP contribution in [0, 0.1) is 30.9 Å². The first-order valence-electron chi connectivity index (χ1n) is 6.48. The van der Waals surface area contributed by atoms with Gasteiger partial charge in [0.15, 0.2) is 0 Å². The molecule has 6 heteroatoms. The highest BCUT2D eigenvalue weighted by Crippen LogP contribution is 2.21. The van der Waals surface area contributed by atoms with Gasteiger partial charge in [-0.25, -0.2) is 0 Å². The van der Waals surface area contributed by atoms with Gasteiger partial charge in [0.2, 0.25) is 0 Å². The molecule has 0 spiro atoms. The molecule has 1 heterocycles. The molecule has 1 N–H and O–H groups in total. The van der Waals surface area contributed by atoms with Crippen LogP contribution >= 0.6 is 0 Å². The first kappa shape index (κ1) is 14.8. The van der Waals surface area contributed by atoms with E-state index in [1.807, 2.05) is 19.9 Å². The van der Waals surface area contributed by atoms with Gasteiger partial charge >= 0.3 is 0 Å². The van der Waals surface area contributed by atoms with Gasteiger partial charge in [-0.1, -0.05) is 6.07 Å². The number of nitro groups is 1. The van der Waals surface area contributed by atoms with Crippen molar-refractivity contribution in [3.05, 3.63) is 62.6 Å². The van der Waals surface area contributed by atoms with Gasteiger partial charge in [-0.3, -0.25) is 14.9 Å². The van der Waals surface area contributed by atoms with Crippen molar-refractivity contribution in [1.82, 2.24) is 5.32 Å². The second-order valence-electron chi connectivity index (χ2n) is 4.83. The molecule has 21 heavy (non-hydrogen) atoms. The van der Waals surface area contributed by atoms with Crippen LogP contribution in [0.5, 0.6) is 0 Å². The number of benzene rings is 1. The van der Waals surface area contributed by atoms with E-state index in [1.54, 1.807) is 13.0 Å². The van der Waals surface area contributed by atoms with E-state index < -0.39 is 4.92 Å². The van der Waals surface area contributed by atoms with Gasteiger partial charge in [-0.15, -0.1) is 0 Å². The molecule has 0 aliphatic carbocycles. The molecule has 0 saturated heterocycles. The van der Waals surface area contributed by atoms with Crippen molar-refractivity contribution in [1.29, 1.82) is 0 Å². The van der Waals surface area contributed by atoms with Crippen LogP contribution in [0.3, 0.4) is 0 Å². The fourth-order valence-electron chi connectivity index (χ4n) is 2.20. The molecule has 2 aromatic rings. The summed E-state index contributed by atoms with van der Waals surface area (Å²) in [6, 6.07) is 6.32. The second-order valence-corrected chi connectivity index (χ2v) is 4.83. The standard InChI is InChI=1S/C15H16N2O4/c1-9-7-12(11(3)21-9)8-16-15(18)13-5-4-6-14(10(13)2)17(19)20/h4-7H,8H2,1-3H3,(H,16,18). The molecule has 0 bridgehead atoms. The summed E-state index contributed by atoms with van der Waals surface area (Å²) in [4.78, 5) is 22.6. The number of nitrogens with one attached hydrogen (secondary N) is 1. The van der Waals surface area contributed by atoms with E-state index in [4.69, 9.17) is 4.42 Å². The minimum atomic E-state index is -0.490. The van der Waals surface area contributed by atoms with Crippen LogP contribution in [-0.2, 0) is 6.54 Å². The van der Waals surface area contributed by atoms with Crippen molar-refractivity contribution in [2.75, 3.05) is 0 Å². The van der Waals surface area contributed by atoms with E-state index in [2.05, 4.69) is 5.32 Å². The van der Waals surface area contributed by atoms with E-state index in [9.17, 15) is 14.9 Å². The zero-order valence-electron chi connectivity index (χ0n) is 12.1. The van der Waals surface area contributed by atoms with Crippen molar-refractivity contribution in [2.45, 2.75) is 27.3 Å². The lowest BCUT2D eigenvalue weighted by Crippen LogP contribution is -2.24. The van der Waals surface area contributed by atoms with Gasteiger partial charge in [0.05, 0.1) is 4.92 Å². The summed E-state index contributed by atoms with van der Waals surface area (Å²) in [6.45, 7) is 5.56. The molecule has 0 saturated carbocycles. The number of amides is 1. The van der Waals surface area contributed by atoms with Gasteiger partial charge in [0.25, 0.3) is 11.6 Å². The van der Waals surface area contributed by atoms with Gasteiger partial charge in [0, 0.05) is 29.3 Å². The molecule has 1 aromatic heterocycles. The normalized spacial score (nSPS) is 10.4. The van der Waals surface area contributed by atoms with Crippen LogP contribution in [0.15, 0.2) is 28.7 Å². The Morgan fingerprint density at radius 3 is 2.62 bits per heavy atom. The van der Waals surface area contributed by atoms with Gasteiger partial charge in [-0.05, 0) is 32.9 Å². The van der Waals surface area contributed by atoms with Gasteiger partial charge in [0.1, 0.15) is 11.5 Å². The Bertz CT molecular complexity index is 704. The molecule has 1 aromatic carbocycles. The molecule has 0 radical (unpaired) electrons. The van der Waals surface area contributed by atoms with Crippen LogP contribution in [-0.4, -0.2) is 10.8 Å². The Hall–Kier alpha value is -2.63. The number of hydrogen-bond donors (Lipinski definition) is 1. The largest absolute Gasteiger partial charge is 0.466 e. The Balaban J connectivity index is 2.16. The van der Waals surface area contributed by atoms with Crippen molar-refractivity contribution in [2.24, 2.45) is 0 Å². The van der Waals surface area contributed by atoms with Gasteiger partial charge in [-0.2, -0.15) is 0 Å². The third kappa shape index (κ3) is 3.10. The molecule has 0 unspecified atom stereocenters. The number of rotatable bonds is 4. The van der Waals surface area contributed by atoms with Crippen LogP contribution in [0.1, 0.15) is 33.0 Å². The number of nitrogens with zero attached hydrogens (tertiary/aromatic N) is 1. The van der Waals surface area contributed by atoms with E-state index >= 15 is 0 Å². The lowest BCUT2D eigenvalue weighted by atomic mass is 10.1. The zero-order valence-corrected chi connectivity index (χ0v) is 12.1. The fraction of sp³-hybridized carbons (Fsp3) is 0.267. The highest BCUT2D eigenvalue weighted by Gasteiger charge is 2.18. The summed E-state index contributed by atoms with van der Waals surface area (Å²) in [5.74, 6) is 1.20. The predicted molar refractivity (Wildman–Crippen MR) is 77.2 cm³/mol. The lowest BCUT2D eigenvalue weighted by Gasteiger charge is -2.07. The number of carbonyl (C=O) groups excluding carboxylic acids is 1. The van der Waals surface area contributed by atoms with E-state index in [-0.39, 0.29) is 11.6 Å². The Morgan fingerprint density at radius 2 is 2.05 bits per heavy atom. The SMILES string of the molecule is Cc1cc(CNC(=O)c2cccc([N+](=O)[O-])c2C)c(C)o1. The maximum Gasteiger partial charge on any atom is 0.273 e. The predicted octanol–water partition coefficient (Wildman–Crippen LogP) is 3.04. The Morgan fingerprint density at radius 1 is 1.33 bits per heavy atom. The molecule has 0 aliphatic rings. The van der Waals surface area contributed by atoms with Crippen LogP contribution in [0.25, 0.3) is 0 Å². The van der Waals surface area contributed by atoms with Gasteiger partial charge < -0.3 is 9.73 Å². The molecule has 2 rings (SSSR count). The highest BCUT2D eigenvalue weighted by atomic mass is 16.6. The lowest BCUT2D eigenvalue weighted by molar-refractivity contribution is -0.385. The third-order valence-electron chi connectivity index (χ3n) is 3.33. The molecule has 0 fully saturated rings. The monoisotopic (exact) mass is 288 g/mol. The van der Waals surface area contributed by atoms with Crippen molar-refractivity contribution in [3.8, 4) is 0 Å². The summed E-state index contributed by atoms with van der Waals surface area (Å²) in [5.41, 5.74) is 1.50. The Labute approximate surface area is 121 Å². The molecule has 6 nitrogen and oxygen atoms in total. The first-order valence-corrected chi connectivity index (χ1v) is 6.48. The maximum atomic E-state index is 12.2. The second kappa shape index (κ2) is 5.78. The maximum absolute atomic E-state index is 12.2. The number of carbonyl (C=O) groups is 1. The average Bonchev–Trinajstić information content (AvgIpc) is 2.74. The highest BCUT2D eigenvalue weighted by molar-refractivity contribution is 5.96. The molecule has 0 atom stereocenters. The first-order chi connectivity index (χ1) is 9.90. The zero-order chi connectivity index (χ0) is 15.6. The van der Waals surface area contributed by atoms with E-state index in [0.29, 0.717) is 17.7 Å². The summed E-state index contributed by atoms with van der Waals surface area (Å²) >= 11 is 0. The number of aryl methyl sites for hydroxylation is 2. The van der Waals surface area contributed by atoms with Crippen molar-refractivity contribution >= 4 is 11.6 Å². The number of hydrogen-bond acceptors (Lipinski definition) is 4. The fourth-order valence-corrected chi connectivity index (χ4v) is 2.20. The number of furan rings is 1. The van der Waals surface area contributed by atoms with Crippen molar-refractivity contribution in [3.63, 3.8) is 0 Å². The van der Waals surface area contributed by atoms with E-state index in [1.165, 1.54) is 12.1 Å². The minimum Gasteiger partial charge on any atom is -0.466 e. The van der Waals surface area contributed by atoms with Crippen LogP contribution < -0.4 is 5.32 Å². The summed E-state index contributed by atoms with van der Waals surface area (Å²) in [7, 11) is 0. The average molecular weight is 288 g/mol. The smallest absolute Gasteiger partial charge is 0.273 e. The summed E-state index contributed by atoms with van der Waals surface area (Å²) in [6.07, 6.45) is 0. The number of nitro benzene ring substituents is 1. The third-order valence-corrected chi connectivity index (χ3v) is 3.33. The molecule has 0 aliphatic heterocycles. The topological polar surface area (TPSA) is 85.4 Å².